The van der Waals surface area contributed by atoms with Crippen LogP contribution in [0, 0.1) is 16.7 Å². The Labute approximate surface area is 229 Å². The highest BCUT2D eigenvalue weighted by Crippen LogP contribution is 2.70. The van der Waals surface area contributed by atoms with Crippen LogP contribution in [0.15, 0.2) is 0 Å². The van der Waals surface area contributed by atoms with Crippen molar-refractivity contribution in [3.8, 4) is 0 Å². The van der Waals surface area contributed by atoms with Gasteiger partial charge >= 0.3 is 5.97 Å². The molecule has 0 amide bonds. The van der Waals surface area contributed by atoms with Crippen molar-refractivity contribution in [2.45, 2.75) is 141 Å². The molecule has 37 heavy (non-hydrogen) atoms. The number of ether oxygens (including phenoxy) is 3. The van der Waals surface area contributed by atoms with Gasteiger partial charge in [-0.25, -0.2) is 0 Å². The van der Waals surface area contributed by atoms with Crippen LogP contribution in [0.2, 0.25) is 36.3 Å². The van der Waals surface area contributed by atoms with Crippen LogP contribution in [0.4, 0.5) is 0 Å². The lowest BCUT2D eigenvalue weighted by atomic mass is 9.54. The van der Waals surface area contributed by atoms with Crippen molar-refractivity contribution in [2.75, 3.05) is 20.8 Å². The van der Waals surface area contributed by atoms with Crippen LogP contribution in [0.5, 0.6) is 0 Å². The maximum atomic E-state index is 13.4. The molecule has 2 bridgehead atoms. The molecular formula is C29H56O6Si2. The third-order valence-electron chi connectivity index (χ3n) is 11.6. The fraction of sp³-hybridized carbons (Fsp3) is 0.966. The quantitative estimate of drug-likeness (QED) is 0.242. The zero-order chi connectivity index (χ0) is 28.5. The molecule has 1 aliphatic carbocycles. The van der Waals surface area contributed by atoms with Crippen molar-refractivity contribution in [2.24, 2.45) is 16.7 Å². The number of rotatable bonds is 7. The predicted octanol–water partition coefficient (Wildman–Crippen LogP) is 7.29. The van der Waals surface area contributed by atoms with E-state index < -0.39 is 33.4 Å². The molecule has 0 unspecified atom stereocenters. The van der Waals surface area contributed by atoms with E-state index in [0.717, 1.165) is 19.3 Å². The summed E-state index contributed by atoms with van der Waals surface area (Å²) in [7, 11) is -0.866. The van der Waals surface area contributed by atoms with E-state index in [2.05, 4.69) is 74.7 Å². The van der Waals surface area contributed by atoms with Gasteiger partial charge in [0.15, 0.2) is 22.4 Å². The summed E-state index contributed by atoms with van der Waals surface area (Å²) >= 11 is 0. The molecule has 3 rings (SSSR count). The summed E-state index contributed by atoms with van der Waals surface area (Å²) in [5.74, 6) is -1.12. The first-order valence-electron chi connectivity index (χ1n) is 14.2. The van der Waals surface area contributed by atoms with Crippen molar-refractivity contribution >= 4 is 22.6 Å². The molecule has 2 heterocycles. The molecule has 3 aliphatic rings. The second-order valence-corrected chi connectivity index (χ2v) is 25.1. The normalized spacial score (nSPS) is 38.9. The van der Waals surface area contributed by atoms with E-state index in [9.17, 15) is 4.79 Å². The number of hydrogen-bond donors (Lipinski definition) is 0. The molecule has 0 aromatic carbocycles. The third-order valence-corrected chi connectivity index (χ3v) is 20.5. The third kappa shape index (κ3) is 4.63. The topological polar surface area (TPSA) is 63.2 Å². The average molecular weight is 557 g/mol. The highest BCUT2D eigenvalue weighted by molar-refractivity contribution is 6.74. The van der Waals surface area contributed by atoms with E-state index in [1.807, 2.05) is 6.92 Å². The minimum atomic E-state index is -2.04. The minimum absolute atomic E-state index is 0.0624. The maximum Gasteiger partial charge on any atom is 0.317 e. The molecule has 0 aromatic heterocycles. The van der Waals surface area contributed by atoms with Gasteiger partial charge < -0.3 is 23.1 Å². The van der Waals surface area contributed by atoms with Crippen LogP contribution < -0.4 is 0 Å². The van der Waals surface area contributed by atoms with Gasteiger partial charge in [0.25, 0.3) is 0 Å². The highest BCUT2D eigenvalue weighted by atomic mass is 28.4. The summed E-state index contributed by atoms with van der Waals surface area (Å²) in [5, 5.41) is 0.233. The van der Waals surface area contributed by atoms with Crippen LogP contribution in [0.3, 0.4) is 0 Å². The summed E-state index contributed by atoms with van der Waals surface area (Å²) in [5.41, 5.74) is -1.77. The Balaban J connectivity index is 2.10. The lowest BCUT2D eigenvalue weighted by molar-refractivity contribution is -0.346. The molecular weight excluding hydrogens is 500 g/mol. The molecule has 6 atom stereocenters. The van der Waals surface area contributed by atoms with Gasteiger partial charge in [-0.05, 0) is 68.9 Å². The monoisotopic (exact) mass is 556 g/mol. The summed E-state index contributed by atoms with van der Waals surface area (Å²) in [6, 6.07) is 0. The second kappa shape index (κ2) is 9.40. The van der Waals surface area contributed by atoms with Gasteiger partial charge in [-0.1, -0.05) is 48.5 Å². The zero-order valence-corrected chi connectivity index (χ0v) is 28.3. The predicted molar refractivity (Wildman–Crippen MR) is 154 cm³/mol. The van der Waals surface area contributed by atoms with Crippen LogP contribution in [-0.4, -0.2) is 60.9 Å². The summed E-state index contributed by atoms with van der Waals surface area (Å²) in [4.78, 5) is 13.4. The lowest BCUT2D eigenvalue weighted by Crippen LogP contribution is -2.67. The SMILES string of the molecule is COC(=O)[C@]1(C)C[C@@]23O[C@]1(OC)CC[C@]2(C)[C@H](O[Si](C)(C)C(C)(C)C)CC[C@@H]3CO[Si](C)(C)C(C)(C)C. The van der Waals surface area contributed by atoms with E-state index in [1.165, 1.54) is 7.11 Å². The first-order chi connectivity index (χ1) is 16.6. The van der Waals surface area contributed by atoms with Gasteiger partial charge in [-0.2, -0.15) is 0 Å². The number of carbonyl (C=O) groups excluding carboxylic acids is 1. The molecule has 0 N–H and O–H groups in total. The maximum absolute atomic E-state index is 13.4. The Morgan fingerprint density at radius 1 is 0.919 bits per heavy atom. The Kier molecular flexibility index (Phi) is 7.95. The molecule has 2 saturated heterocycles. The lowest BCUT2D eigenvalue weighted by Gasteiger charge is -2.62. The van der Waals surface area contributed by atoms with Crippen molar-refractivity contribution in [1.29, 1.82) is 0 Å². The van der Waals surface area contributed by atoms with Crippen molar-refractivity contribution in [3.05, 3.63) is 0 Å². The Morgan fingerprint density at radius 3 is 1.97 bits per heavy atom. The van der Waals surface area contributed by atoms with Gasteiger partial charge in [0.2, 0.25) is 0 Å². The number of carbonyl (C=O) groups is 1. The molecule has 1 saturated carbocycles. The van der Waals surface area contributed by atoms with Crippen LogP contribution in [0.1, 0.15) is 87.5 Å². The van der Waals surface area contributed by atoms with Crippen molar-refractivity contribution in [3.63, 3.8) is 0 Å². The summed E-state index contributed by atoms with van der Waals surface area (Å²) in [6.07, 6.45) is 4.06. The average Bonchev–Trinajstić information content (AvgIpc) is 3.00. The Hall–Kier alpha value is -0.256. The summed E-state index contributed by atoms with van der Waals surface area (Å²) in [6.45, 7) is 28.0. The van der Waals surface area contributed by atoms with Crippen LogP contribution in [-0.2, 0) is 27.9 Å². The smallest absolute Gasteiger partial charge is 0.317 e. The fourth-order valence-electron chi connectivity index (χ4n) is 6.70. The van der Waals surface area contributed by atoms with E-state index in [4.69, 9.17) is 23.1 Å². The molecule has 0 aromatic rings. The second-order valence-electron chi connectivity index (χ2n) is 15.6. The van der Waals surface area contributed by atoms with E-state index >= 15 is 0 Å². The van der Waals surface area contributed by atoms with E-state index in [1.54, 1.807) is 7.11 Å². The van der Waals surface area contributed by atoms with Gasteiger partial charge in [0, 0.05) is 31.5 Å². The van der Waals surface area contributed by atoms with Gasteiger partial charge in [-0.15, -0.1) is 0 Å². The van der Waals surface area contributed by atoms with Gasteiger partial charge in [0.05, 0.1) is 18.8 Å². The molecule has 1 spiro atoms. The zero-order valence-electron chi connectivity index (χ0n) is 26.3. The highest BCUT2D eigenvalue weighted by Gasteiger charge is 2.78. The first-order valence-corrected chi connectivity index (χ1v) is 20.1. The van der Waals surface area contributed by atoms with E-state index in [0.29, 0.717) is 19.4 Å². The Morgan fingerprint density at radius 2 is 1.49 bits per heavy atom. The van der Waals surface area contributed by atoms with Gasteiger partial charge in [0.1, 0.15) is 5.41 Å². The van der Waals surface area contributed by atoms with Crippen molar-refractivity contribution < 1.29 is 27.9 Å². The molecule has 6 nitrogen and oxygen atoms in total. The number of fused-ring (bicyclic) bond motifs is 1. The number of hydrogen-bond acceptors (Lipinski definition) is 6. The Bertz CT molecular complexity index is 877. The number of esters is 1. The van der Waals surface area contributed by atoms with Crippen LogP contribution >= 0.6 is 0 Å². The number of methoxy groups -OCH3 is 2. The first kappa shape index (κ1) is 31.3. The largest absolute Gasteiger partial charge is 0.468 e. The molecule has 3 fully saturated rings. The molecule has 2 aliphatic heterocycles. The molecule has 216 valence electrons. The van der Waals surface area contributed by atoms with Crippen LogP contribution in [0.25, 0.3) is 0 Å². The van der Waals surface area contributed by atoms with Crippen molar-refractivity contribution in [1.82, 2.24) is 0 Å². The summed E-state index contributed by atoms with van der Waals surface area (Å²) < 4.78 is 32.8. The van der Waals surface area contributed by atoms with Gasteiger partial charge in [-0.3, -0.25) is 4.79 Å². The molecule has 0 radical (unpaired) electrons. The minimum Gasteiger partial charge on any atom is -0.468 e. The van der Waals surface area contributed by atoms with E-state index in [-0.39, 0.29) is 33.5 Å². The standard InChI is InChI=1S/C29H56O6Si2/c1-24(2,3)36(11,12)33-19-21-15-16-22(34-37(13,14)25(4,5)6)26(7)17-18-29(32-10)27(8,23(30)31-9)20-28(21,26)35-29/h21-22H,15-20H2,1-14H3/t21-,22-,26-,27+,28+,29-/m1/s1. The molecule has 8 heteroatoms. The fourth-order valence-corrected chi connectivity index (χ4v) is 9.20.